The van der Waals surface area contributed by atoms with E-state index in [9.17, 15) is 5.11 Å². The van der Waals surface area contributed by atoms with Crippen molar-refractivity contribution in [3.8, 4) is 5.75 Å². The van der Waals surface area contributed by atoms with Crippen LogP contribution in [-0.2, 0) is 9.47 Å². The zero-order valence-corrected chi connectivity index (χ0v) is 8.68. The van der Waals surface area contributed by atoms with Crippen LogP contribution in [0.5, 0.6) is 5.75 Å². The van der Waals surface area contributed by atoms with E-state index in [4.69, 9.17) is 32.7 Å². The van der Waals surface area contributed by atoms with E-state index < -0.39 is 6.29 Å². The molecule has 14 heavy (non-hydrogen) atoms. The van der Waals surface area contributed by atoms with Crippen molar-refractivity contribution < 1.29 is 14.6 Å². The van der Waals surface area contributed by atoms with E-state index in [1.54, 1.807) is 12.1 Å². The van der Waals surface area contributed by atoms with Crippen molar-refractivity contribution in [2.45, 2.75) is 6.29 Å². The quantitative estimate of drug-likeness (QED) is 0.813. The third-order valence-corrected chi connectivity index (χ3v) is 2.77. The van der Waals surface area contributed by atoms with Gasteiger partial charge in [0.1, 0.15) is 10.8 Å². The summed E-state index contributed by atoms with van der Waals surface area (Å²) in [6, 6.07) is 3.24. The summed E-state index contributed by atoms with van der Waals surface area (Å²) < 4.78 is 10.5. The molecule has 1 saturated heterocycles. The molecule has 1 aromatic carbocycles. The summed E-state index contributed by atoms with van der Waals surface area (Å²) >= 11 is 11.5. The second-order valence-electron chi connectivity index (χ2n) is 2.87. The maximum atomic E-state index is 9.66. The van der Waals surface area contributed by atoms with Crippen molar-refractivity contribution in [3.63, 3.8) is 0 Å². The van der Waals surface area contributed by atoms with Crippen LogP contribution in [0.3, 0.4) is 0 Å². The van der Waals surface area contributed by atoms with Gasteiger partial charge < -0.3 is 14.6 Å². The van der Waals surface area contributed by atoms with Gasteiger partial charge in [0.05, 0.1) is 23.8 Å². The summed E-state index contributed by atoms with van der Waals surface area (Å²) in [5, 5.41) is 10.1. The molecule has 1 aromatic rings. The highest BCUT2D eigenvalue weighted by Gasteiger charge is 2.23. The van der Waals surface area contributed by atoms with E-state index in [-0.39, 0.29) is 10.8 Å². The predicted molar refractivity (Wildman–Crippen MR) is 52.8 cm³/mol. The van der Waals surface area contributed by atoms with Gasteiger partial charge in [-0.1, -0.05) is 23.2 Å². The van der Waals surface area contributed by atoms with Gasteiger partial charge in [-0.3, -0.25) is 0 Å². The van der Waals surface area contributed by atoms with Gasteiger partial charge in [0.15, 0.2) is 6.29 Å². The number of aromatic hydroxyl groups is 1. The molecule has 2 rings (SSSR count). The Bertz CT molecular complexity index is 348. The first-order chi connectivity index (χ1) is 6.70. The first-order valence-electron chi connectivity index (χ1n) is 4.10. The molecule has 0 saturated carbocycles. The molecule has 0 radical (unpaired) electrons. The van der Waals surface area contributed by atoms with Crippen LogP contribution in [-0.4, -0.2) is 18.3 Å². The van der Waals surface area contributed by atoms with E-state index in [2.05, 4.69) is 0 Å². The molecule has 0 atom stereocenters. The molecule has 3 nitrogen and oxygen atoms in total. The smallest absolute Gasteiger partial charge is 0.187 e. The maximum Gasteiger partial charge on any atom is 0.187 e. The van der Waals surface area contributed by atoms with Gasteiger partial charge in [0.25, 0.3) is 0 Å². The highest BCUT2D eigenvalue weighted by Crippen LogP contribution is 2.39. The molecule has 76 valence electrons. The van der Waals surface area contributed by atoms with Crippen LogP contribution >= 0.6 is 23.2 Å². The van der Waals surface area contributed by atoms with Crippen LogP contribution in [0.15, 0.2) is 12.1 Å². The Morgan fingerprint density at radius 3 is 2.50 bits per heavy atom. The lowest BCUT2D eigenvalue weighted by Crippen LogP contribution is -1.98. The van der Waals surface area contributed by atoms with Gasteiger partial charge >= 0.3 is 0 Å². The zero-order chi connectivity index (χ0) is 10.1. The number of benzene rings is 1. The Hall–Kier alpha value is -0.480. The van der Waals surface area contributed by atoms with Gasteiger partial charge in [-0.2, -0.15) is 0 Å². The number of phenolic OH excluding ortho intramolecular Hbond substituents is 1. The lowest BCUT2D eigenvalue weighted by Gasteiger charge is -2.12. The monoisotopic (exact) mass is 234 g/mol. The highest BCUT2D eigenvalue weighted by molar-refractivity contribution is 6.43. The maximum absolute atomic E-state index is 9.66. The van der Waals surface area contributed by atoms with E-state index in [0.717, 1.165) is 0 Å². The predicted octanol–water partition coefficient (Wildman–Crippen LogP) is 2.74. The topological polar surface area (TPSA) is 38.7 Å². The van der Waals surface area contributed by atoms with Crippen molar-refractivity contribution in [2.24, 2.45) is 0 Å². The van der Waals surface area contributed by atoms with Gasteiger partial charge in [0.2, 0.25) is 0 Å². The third kappa shape index (κ3) is 1.68. The lowest BCUT2D eigenvalue weighted by atomic mass is 10.2. The van der Waals surface area contributed by atoms with Gasteiger partial charge in [-0.05, 0) is 12.1 Å². The van der Waals surface area contributed by atoms with Crippen LogP contribution in [0.25, 0.3) is 0 Å². The lowest BCUT2D eigenvalue weighted by molar-refractivity contribution is -0.0454. The summed E-state index contributed by atoms with van der Waals surface area (Å²) in [7, 11) is 0. The number of ether oxygens (including phenoxy) is 2. The minimum Gasteiger partial charge on any atom is -0.506 e. The number of halogens is 2. The number of rotatable bonds is 1. The molecule has 1 N–H and O–H groups in total. The van der Waals surface area contributed by atoms with E-state index in [1.807, 2.05) is 0 Å². The largest absolute Gasteiger partial charge is 0.506 e. The van der Waals surface area contributed by atoms with Crippen LogP contribution in [0.4, 0.5) is 0 Å². The van der Waals surface area contributed by atoms with Crippen molar-refractivity contribution in [1.82, 2.24) is 0 Å². The number of hydrogen-bond acceptors (Lipinski definition) is 3. The fraction of sp³-hybridized carbons (Fsp3) is 0.333. The average molecular weight is 235 g/mol. The Balaban J connectivity index is 2.38. The molecular formula is C9H8Cl2O3. The minimum absolute atomic E-state index is 0.0777. The first-order valence-corrected chi connectivity index (χ1v) is 4.86. The van der Waals surface area contributed by atoms with E-state index in [0.29, 0.717) is 23.8 Å². The molecule has 0 aliphatic carbocycles. The summed E-state index contributed by atoms with van der Waals surface area (Å²) in [6.45, 7) is 1.04. The Morgan fingerprint density at radius 2 is 1.86 bits per heavy atom. The first kappa shape index (κ1) is 10.1. The molecular weight excluding hydrogens is 227 g/mol. The molecule has 0 aromatic heterocycles. The van der Waals surface area contributed by atoms with E-state index in [1.165, 1.54) is 0 Å². The second kappa shape index (κ2) is 3.95. The standard InChI is InChI=1S/C9H8Cl2O3/c10-6-2-1-5(8(12)7(6)11)9-13-3-4-14-9/h1-2,9,12H,3-4H2. The molecule has 0 spiro atoms. The molecule has 0 unspecified atom stereocenters. The number of hydrogen-bond donors (Lipinski definition) is 1. The normalized spacial score (nSPS) is 17.6. The van der Waals surface area contributed by atoms with Crippen LogP contribution < -0.4 is 0 Å². The molecule has 1 aliphatic rings. The van der Waals surface area contributed by atoms with Crippen molar-refractivity contribution >= 4 is 23.2 Å². The van der Waals surface area contributed by atoms with E-state index >= 15 is 0 Å². The molecule has 1 heterocycles. The fourth-order valence-corrected chi connectivity index (χ4v) is 1.61. The van der Waals surface area contributed by atoms with Crippen molar-refractivity contribution in [2.75, 3.05) is 13.2 Å². The second-order valence-corrected chi connectivity index (χ2v) is 3.66. The Kier molecular flexibility index (Phi) is 2.83. The van der Waals surface area contributed by atoms with Gasteiger partial charge in [-0.25, -0.2) is 0 Å². The van der Waals surface area contributed by atoms with Crippen LogP contribution in [0.2, 0.25) is 10.0 Å². The highest BCUT2D eigenvalue weighted by atomic mass is 35.5. The van der Waals surface area contributed by atoms with Crippen LogP contribution in [0.1, 0.15) is 11.9 Å². The Labute approximate surface area is 91.1 Å². The fourth-order valence-electron chi connectivity index (χ4n) is 1.28. The minimum atomic E-state index is -0.537. The summed E-state index contributed by atoms with van der Waals surface area (Å²) in [4.78, 5) is 0. The molecule has 1 fully saturated rings. The molecule has 0 bridgehead atoms. The number of phenols is 1. The van der Waals surface area contributed by atoms with Crippen molar-refractivity contribution in [1.29, 1.82) is 0 Å². The Morgan fingerprint density at radius 1 is 1.21 bits per heavy atom. The average Bonchev–Trinajstić information content (AvgIpc) is 2.67. The van der Waals surface area contributed by atoms with Gasteiger partial charge in [-0.15, -0.1) is 0 Å². The third-order valence-electron chi connectivity index (χ3n) is 1.98. The summed E-state index contributed by atoms with van der Waals surface area (Å²) in [6.07, 6.45) is -0.537. The molecule has 0 amide bonds. The van der Waals surface area contributed by atoms with Crippen molar-refractivity contribution in [3.05, 3.63) is 27.7 Å². The summed E-state index contributed by atoms with van der Waals surface area (Å²) in [5.74, 6) is -0.0777. The van der Waals surface area contributed by atoms with Crippen LogP contribution in [0, 0.1) is 0 Å². The summed E-state index contributed by atoms with van der Waals surface area (Å²) in [5.41, 5.74) is 0.511. The SMILES string of the molecule is Oc1c(C2OCCO2)ccc(Cl)c1Cl. The molecule has 1 aliphatic heterocycles. The molecule has 5 heteroatoms. The zero-order valence-electron chi connectivity index (χ0n) is 7.17. The van der Waals surface area contributed by atoms with Gasteiger partial charge in [0, 0.05) is 0 Å².